The number of likely N-dealkylation sites (N-methyl/N-ethyl adjacent to an activating group) is 1. The molecule has 0 unspecified atom stereocenters. The lowest BCUT2D eigenvalue weighted by Gasteiger charge is -2.28. The highest BCUT2D eigenvalue weighted by Gasteiger charge is 2.26. The van der Waals surface area contributed by atoms with Crippen LogP contribution in [0.25, 0.3) is 0 Å². The first-order chi connectivity index (χ1) is 10.7. The molecule has 2 aliphatic rings. The summed E-state index contributed by atoms with van der Waals surface area (Å²) < 4.78 is 1.80. The number of fused-ring (bicyclic) bond motifs is 1. The number of aromatic nitrogens is 2. The molecule has 23 heavy (non-hydrogen) atoms. The normalized spacial score (nSPS) is 18.2. The maximum absolute atomic E-state index is 12.8. The maximum Gasteiger partial charge on any atom is 0.272 e. The van der Waals surface area contributed by atoms with E-state index in [0.717, 1.165) is 37.3 Å². The van der Waals surface area contributed by atoms with E-state index in [1.165, 1.54) is 50.8 Å². The summed E-state index contributed by atoms with van der Waals surface area (Å²) in [7, 11) is 3.83. The fraction of sp³-hybridized carbons (Fsp3) is 0.765. The summed E-state index contributed by atoms with van der Waals surface area (Å²) >= 11 is 0. The molecule has 1 saturated heterocycles. The fourth-order valence-corrected chi connectivity index (χ4v) is 3.71. The van der Waals surface area contributed by atoms with Crippen molar-refractivity contribution >= 4 is 22.9 Å². The second-order valence-electron chi connectivity index (χ2n) is 6.73. The number of piperidine rings is 1. The lowest BCUT2D eigenvalue weighted by atomic mass is 9.95. The summed E-state index contributed by atoms with van der Waals surface area (Å²) in [5.74, 6) is 0.134. The van der Waals surface area contributed by atoms with Crippen molar-refractivity contribution in [2.45, 2.75) is 44.9 Å². The Bertz CT molecular complexity index is 537. The molecule has 0 atom stereocenters. The third-order valence-electron chi connectivity index (χ3n) is 5.07. The van der Waals surface area contributed by atoms with Crippen LogP contribution in [0.1, 0.15) is 53.8 Å². The largest absolute Gasteiger partial charge is 0.339 e. The number of rotatable bonds is 4. The van der Waals surface area contributed by atoms with E-state index in [1.807, 2.05) is 19.0 Å². The zero-order valence-electron chi connectivity index (χ0n) is 14.4. The van der Waals surface area contributed by atoms with Gasteiger partial charge in [-0.25, -0.2) is 0 Å². The third-order valence-corrected chi connectivity index (χ3v) is 5.07. The highest BCUT2D eigenvalue weighted by molar-refractivity contribution is 8.93. The molecule has 1 aliphatic carbocycles. The van der Waals surface area contributed by atoms with Gasteiger partial charge in [0.1, 0.15) is 5.69 Å². The fourth-order valence-electron chi connectivity index (χ4n) is 3.71. The van der Waals surface area contributed by atoms with Gasteiger partial charge in [0.2, 0.25) is 0 Å². The molecule has 3 rings (SSSR count). The van der Waals surface area contributed by atoms with Gasteiger partial charge in [0.15, 0.2) is 0 Å². The van der Waals surface area contributed by atoms with Gasteiger partial charge in [0, 0.05) is 32.7 Å². The zero-order valence-corrected chi connectivity index (χ0v) is 16.1. The van der Waals surface area contributed by atoms with E-state index < -0.39 is 0 Å². The highest BCUT2D eigenvalue weighted by Crippen LogP contribution is 2.24. The van der Waals surface area contributed by atoms with Gasteiger partial charge in [0.05, 0.1) is 5.69 Å². The number of hydrogen-bond donors (Lipinski definition) is 0. The third kappa shape index (κ3) is 4.15. The van der Waals surface area contributed by atoms with E-state index in [0.29, 0.717) is 0 Å². The van der Waals surface area contributed by atoms with Gasteiger partial charge in [-0.3, -0.25) is 9.48 Å². The number of amides is 1. The summed E-state index contributed by atoms with van der Waals surface area (Å²) in [6.07, 6.45) is 8.35. The number of aryl methyl sites for hydroxylation is 2. The van der Waals surface area contributed by atoms with Gasteiger partial charge >= 0.3 is 0 Å². The van der Waals surface area contributed by atoms with Crippen LogP contribution in [0.3, 0.4) is 0 Å². The second kappa shape index (κ2) is 8.29. The molecule has 2 heterocycles. The van der Waals surface area contributed by atoms with E-state index in [1.54, 1.807) is 4.68 Å². The molecule has 5 nitrogen and oxygen atoms in total. The number of likely N-dealkylation sites (tertiary alicyclic amines) is 1. The van der Waals surface area contributed by atoms with Crippen LogP contribution in [0.2, 0.25) is 0 Å². The minimum Gasteiger partial charge on any atom is -0.339 e. The molecule has 0 saturated carbocycles. The standard InChI is InChI=1S/C17H28N4O.BrH/c1-19(12-13-21-10-6-3-7-11-21)17(22)16-14-8-4-5-9-15(14)18-20(16)2;/h3-13H2,1-2H3;1H. The lowest BCUT2D eigenvalue weighted by molar-refractivity contribution is 0.0761. The van der Waals surface area contributed by atoms with Crippen molar-refractivity contribution in [1.82, 2.24) is 19.6 Å². The number of halogens is 1. The van der Waals surface area contributed by atoms with Crippen molar-refractivity contribution in [3.8, 4) is 0 Å². The van der Waals surface area contributed by atoms with Crippen molar-refractivity contribution in [3.63, 3.8) is 0 Å². The number of carbonyl (C=O) groups excluding carboxylic acids is 1. The summed E-state index contributed by atoms with van der Waals surface area (Å²) in [6, 6.07) is 0. The molecular weight excluding hydrogens is 356 g/mol. The maximum atomic E-state index is 12.8. The molecular formula is C17H29BrN4O. The number of carbonyl (C=O) groups is 1. The monoisotopic (exact) mass is 384 g/mol. The Labute approximate surface area is 149 Å². The van der Waals surface area contributed by atoms with Crippen LogP contribution in [0.4, 0.5) is 0 Å². The van der Waals surface area contributed by atoms with E-state index in [4.69, 9.17) is 0 Å². The van der Waals surface area contributed by atoms with Crippen LogP contribution in [-0.4, -0.2) is 58.7 Å². The van der Waals surface area contributed by atoms with Crippen molar-refractivity contribution < 1.29 is 4.79 Å². The Hall–Kier alpha value is -0.880. The minimum atomic E-state index is 0. The summed E-state index contributed by atoms with van der Waals surface area (Å²) in [5.41, 5.74) is 3.15. The first-order valence-corrected chi connectivity index (χ1v) is 8.69. The highest BCUT2D eigenvalue weighted by atomic mass is 79.9. The molecule has 1 aromatic heterocycles. The lowest BCUT2D eigenvalue weighted by Crippen LogP contribution is -2.39. The Kier molecular flexibility index (Phi) is 6.65. The van der Waals surface area contributed by atoms with Crippen LogP contribution in [0.15, 0.2) is 0 Å². The smallest absolute Gasteiger partial charge is 0.272 e. The van der Waals surface area contributed by atoms with Crippen molar-refractivity contribution in [2.75, 3.05) is 33.2 Å². The van der Waals surface area contributed by atoms with E-state index in [-0.39, 0.29) is 22.9 Å². The van der Waals surface area contributed by atoms with E-state index in [9.17, 15) is 4.79 Å². The average molecular weight is 385 g/mol. The molecule has 1 amide bonds. The molecule has 6 heteroatoms. The van der Waals surface area contributed by atoms with E-state index in [2.05, 4.69) is 10.00 Å². The van der Waals surface area contributed by atoms with Gasteiger partial charge in [-0.2, -0.15) is 5.10 Å². The molecule has 130 valence electrons. The van der Waals surface area contributed by atoms with Gasteiger partial charge in [-0.1, -0.05) is 6.42 Å². The van der Waals surface area contributed by atoms with Crippen molar-refractivity contribution in [1.29, 1.82) is 0 Å². The number of hydrogen-bond acceptors (Lipinski definition) is 3. The Morgan fingerprint density at radius 2 is 1.83 bits per heavy atom. The molecule has 0 spiro atoms. The number of nitrogens with zero attached hydrogens (tertiary/aromatic N) is 4. The average Bonchev–Trinajstić information content (AvgIpc) is 2.88. The molecule has 1 fully saturated rings. The first-order valence-electron chi connectivity index (χ1n) is 8.69. The van der Waals surface area contributed by atoms with Gasteiger partial charge < -0.3 is 9.80 Å². The van der Waals surface area contributed by atoms with Gasteiger partial charge in [-0.15, -0.1) is 17.0 Å². The summed E-state index contributed by atoms with van der Waals surface area (Å²) in [5, 5.41) is 4.56. The van der Waals surface area contributed by atoms with Gasteiger partial charge in [-0.05, 0) is 51.6 Å². The van der Waals surface area contributed by atoms with Crippen LogP contribution in [-0.2, 0) is 19.9 Å². The SMILES string of the molecule is Br.CN(CCN1CCCCC1)C(=O)c1c2c(nn1C)CCCC2. The quantitative estimate of drug-likeness (QED) is 0.800. The van der Waals surface area contributed by atoms with E-state index >= 15 is 0 Å². The van der Waals surface area contributed by atoms with Crippen molar-refractivity contribution in [3.05, 3.63) is 17.0 Å². The van der Waals surface area contributed by atoms with Crippen LogP contribution in [0.5, 0.6) is 0 Å². The minimum absolute atomic E-state index is 0. The van der Waals surface area contributed by atoms with Crippen LogP contribution in [0, 0.1) is 0 Å². The van der Waals surface area contributed by atoms with Gasteiger partial charge in [0.25, 0.3) is 5.91 Å². The topological polar surface area (TPSA) is 41.4 Å². The Morgan fingerprint density at radius 3 is 2.57 bits per heavy atom. The van der Waals surface area contributed by atoms with Crippen LogP contribution < -0.4 is 0 Å². The molecule has 0 aromatic carbocycles. The first kappa shape index (κ1) is 18.5. The molecule has 0 bridgehead atoms. The Morgan fingerprint density at radius 1 is 1.13 bits per heavy atom. The summed E-state index contributed by atoms with van der Waals surface area (Å²) in [4.78, 5) is 17.2. The summed E-state index contributed by atoms with van der Waals surface area (Å²) in [6.45, 7) is 4.16. The second-order valence-corrected chi connectivity index (χ2v) is 6.73. The Balaban J connectivity index is 0.00000192. The molecule has 0 radical (unpaired) electrons. The molecule has 1 aliphatic heterocycles. The molecule has 0 N–H and O–H groups in total. The van der Waals surface area contributed by atoms with Crippen LogP contribution >= 0.6 is 17.0 Å². The predicted molar refractivity (Wildman–Crippen MR) is 97.4 cm³/mol. The van der Waals surface area contributed by atoms with Crippen molar-refractivity contribution in [2.24, 2.45) is 7.05 Å². The zero-order chi connectivity index (χ0) is 15.5. The molecule has 1 aromatic rings. The predicted octanol–water partition coefficient (Wildman–Crippen LogP) is 2.43.